The van der Waals surface area contributed by atoms with E-state index in [1.54, 1.807) is 0 Å². The minimum absolute atomic E-state index is 0.147. The molecule has 1 fully saturated rings. The summed E-state index contributed by atoms with van der Waals surface area (Å²) in [5.74, 6) is 0. The first-order chi connectivity index (χ1) is 6.20. The summed E-state index contributed by atoms with van der Waals surface area (Å²) in [4.78, 5) is 2.42. The Labute approximate surface area is 81.9 Å². The summed E-state index contributed by atoms with van der Waals surface area (Å²) in [5.41, 5.74) is 0. The molecule has 0 saturated heterocycles. The first kappa shape index (κ1) is 11.0. The van der Waals surface area contributed by atoms with Crippen LogP contribution in [0.4, 0.5) is 0 Å². The number of aliphatic hydroxyl groups is 1. The maximum absolute atomic E-state index is 9.17. The van der Waals surface area contributed by atoms with Gasteiger partial charge in [-0.1, -0.05) is 19.3 Å². The normalized spacial score (nSPS) is 22.2. The van der Waals surface area contributed by atoms with Crippen LogP contribution in [0, 0.1) is 0 Å². The molecule has 1 saturated carbocycles. The number of nitrogens with zero attached hydrogens (tertiary/aromatic N) is 1. The van der Waals surface area contributed by atoms with Crippen molar-refractivity contribution < 1.29 is 5.11 Å². The van der Waals surface area contributed by atoms with Crippen molar-refractivity contribution in [1.29, 1.82) is 0 Å². The maximum atomic E-state index is 9.17. The van der Waals surface area contributed by atoms with Gasteiger partial charge < -0.3 is 10.0 Å². The van der Waals surface area contributed by atoms with E-state index in [2.05, 4.69) is 11.9 Å². The fourth-order valence-electron chi connectivity index (χ4n) is 2.09. The van der Waals surface area contributed by atoms with Gasteiger partial charge >= 0.3 is 0 Å². The highest BCUT2D eigenvalue weighted by atomic mass is 16.3. The van der Waals surface area contributed by atoms with E-state index in [1.165, 1.54) is 32.1 Å². The fraction of sp³-hybridized carbons (Fsp3) is 1.00. The Morgan fingerprint density at radius 3 is 2.46 bits per heavy atom. The van der Waals surface area contributed by atoms with E-state index in [0.29, 0.717) is 0 Å². The SMILES string of the molecule is CC(O)CCN(C)C1CCCCC1. The third-order valence-corrected chi connectivity index (χ3v) is 3.10. The zero-order chi connectivity index (χ0) is 9.68. The van der Waals surface area contributed by atoms with Gasteiger partial charge in [0.2, 0.25) is 0 Å². The quantitative estimate of drug-likeness (QED) is 0.724. The molecule has 0 spiro atoms. The minimum atomic E-state index is -0.147. The van der Waals surface area contributed by atoms with Gasteiger partial charge in [0.1, 0.15) is 0 Å². The molecule has 2 heteroatoms. The van der Waals surface area contributed by atoms with Crippen LogP contribution in [0.15, 0.2) is 0 Å². The van der Waals surface area contributed by atoms with Crippen molar-refractivity contribution in [3.63, 3.8) is 0 Å². The molecule has 1 unspecified atom stereocenters. The Balaban J connectivity index is 2.17. The molecule has 1 aliphatic carbocycles. The van der Waals surface area contributed by atoms with Crippen LogP contribution in [0.5, 0.6) is 0 Å². The number of rotatable bonds is 4. The van der Waals surface area contributed by atoms with Crippen LogP contribution in [0.3, 0.4) is 0 Å². The molecule has 0 radical (unpaired) electrons. The van der Waals surface area contributed by atoms with E-state index in [1.807, 2.05) is 6.92 Å². The third kappa shape index (κ3) is 4.10. The van der Waals surface area contributed by atoms with Crippen molar-refractivity contribution in [3.05, 3.63) is 0 Å². The molecule has 0 aromatic heterocycles. The Hall–Kier alpha value is -0.0800. The minimum Gasteiger partial charge on any atom is -0.393 e. The Bertz CT molecular complexity index is 130. The van der Waals surface area contributed by atoms with E-state index in [0.717, 1.165) is 19.0 Å². The Morgan fingerprint density at radius 2 is 1.92 bits per heavy atom. The highest BCUT2D eigenvalue weighted by Gasteiger charge is 2.17. The zero-order valence-corrected chi connectivity index (χ0v) is 9.00. The Kier molecular flexibility index (Phi) is 4.74. The van der Waals surface area contributed by atoms with E-state index in [9.17, 15) is 5.11 Å². The number of hydrogen-bond donors (Lipinski definition) is 1. The molecule has 1 atom stereocenters. The zero-order valence-electron chi connectivity index (χ0n) is 9.00. The van der Waals surface area contributed by atoms with Crippen LogP contribution >= 0.6 is 0 Å². The molecule has 0 amide bonds. The van der Waals surface area contributed by atoms with Gasteiger partial charge in [0.25, 0.3) is 0 Å². The molecule has 0 bridgehead atoms. The molecule has 1 aliphatic rings. The lowest BCUT2D eigenvalue weighted by Gasteiger charge is -2.31. The van der Waals surface area contributed by atoms with Gasteiger partial charge in [0, 0.05) is 12.6 Å². The van der Waals surface area contributed by atoms with Gasteiger partial charge in [-0.3, -0.25) is 0 Å². The molecular formula is C11H23NO. The van der Waals surface area contributed by atoms with Gasteiger partial charge in [0.15, 0.2) is 0 Å². The standard InChI is InChI=1S/C11H23NO/c1-10(13)8-9-12(2)11-6-4-3-5-7-11/h10-11,13H,3-9H2,1-2H3. The van der Waals surface area contributed by atoms with E-state index < -0.39 is 0 Å². The summed E-state index contributed by atoms with van der Waals surface area (Å²) in [6, 6.07) is 0.785. The molecule has 1 rings (SSSR count). The van der Waals surface area contributed by atoms with Crippen molar-refractivity contribution >= 4 is 0 Å². The predicted octanol–water partition coefficient (Wildman–Crippen LogP) is 2.02. The van der Waals surface area contributed by atoms with Crippen LogP contribution in [0.2, 0.25) is 0 Å². The van der Waals surface area contributed by atoms with Crippen LogP contribution in [-0.4, -0.2) is 35.7 Å². The second-order valence-corrected chi connectivity index (χ2v) is 4.41. The first-order valence-corrected chi connectivity index (χ1v) is 5.58. The molecule has 13 heavy (non-hydrogen) atoms. The largest absolute Gasteiger partial charge is 0.393 e. The van der Waals surface area contributed by atoms with E-state index >= 15 is 0 Å². The molecule has 0 aliphatic heterocycles. The van der Waals surface area contributed by atoms with Gasteiger partial charge in [-0.15, -0.1) is 0 Å². The summed E-state index contributed by atoms with van der Waals surface area (Å²) in [7, 11) is 2.19. The van der Waals surface area contributed by atoms with Gasteiger partial charge in [-0.2, -0.15) is 0 Å². The van der Waals surface area contributed by atoms with E-state index in [4.69, 9.17) is 0 Å². The lowest BCUT2D eigenvalue weighted by Crippen LogP contribution is -2.35. The fourth-order valence-corrected chi connectivity index (χ4v) is 2.09. The predicted molar refractivity (Wildman–Crippen MR) is 55.8 cm³/mol. The molecule has 0 aromatic carbocycles. The topological polar surface area (TPSA) is 23.5 Å². The number of hydrogen-bond acceptors (Lipinski definition) is 2. The molecule has 1 N–H and O–H groups in total. The molecule has 78 valence electrons. The first-order valence-electron chi connectivity index (χ1n) is 5.58. The maximum Gasteiger partial charge on any atom is 0.0524 e. The highest BCUT2D eigenvalue weighted by Crippen LogP contribution is 2.21. The third-order valence-electron chi connectivity index (χ3n) is 3.10. The van der Waals surface area contributed by atoms with Crippen molar-refractivity contribution in [2.24, 2.45) is 0 Å². The van der Waals surface area contributed by atoms with Crippen LogP contribution in [-0.2, 0) is 0 Å². The lowest BCUT2D eigenvalue weighted by atomic mass is 9.94. The van der Waals surface area contributed by atoms with Crippen LogP contribution < -0.4 is 0 Å². The number of aliphatic hydroxyl groups excluding tert-OH is 1. The summed E-state index contributed by atoms with van der Waals surface area (Å²) < 4.78 is 0. The summed E-state index contributed by atoms with van der Waals surface area (Å²) >= 11 is 0. The van der Waals surface area contributed by atoms with Crippen molar-refractivity contribution in [2.45, 2.75) is 57.6 Å². The van der Waals surface area contributed by atoms with Crippen LogP contribution in [0.1, 0.15) is 45.4 Å². The van der Waals surface area contributed by atoms with Gasteiger partial charge in [0.05, 0.1) is 6.10 Å². The van der Waals surface area contributed by atoms with Crippen molar-refractivity contribution in [3.8, 4) is 0 Å². The molecular weight excluding hydrogens is 162 g/mol. The van der Waals surface area contributed by atoms with Crippen LogP contribution in [0.25, 0.3) is 0 Å². The average molecular weight is 185 g/mol. The summed E-state index contributed by atoms with van der Waals surface area (Å²) in [5, 5.41) is 9.17. The average Bonchev–Trinajstić information content (AvgIpc) is 2.15. The highest BCUT2D eigenvalue weighted by molar-refractivity contribution is 4.73. The lowest BCUT2D eigenvalue weighted by molar-refractivity contribution is 0.135. The smallest absolute Gasteiger partial charge is 0.0524 e. The van der Waals surface area contributed by atoms with Crippen molar-refractivity contribution in [2.75, 3.05) is 13.6 Å². The molecule has 0 aromatic rings. The van der Waals surface area contributed by atoms with Gasteiger partial charge in [-0.25, -0.2) is 0 Å². The van der Waals surface area contributed by atoms with Gasteiger partial charge in [-0.05, 0) is 33.2 Å². The molecule has 2 nitrogen and oxygen atoms in total. The summed E-state index contributed by atoms with van der Waals surface area (Å²) in [6.07, 6.45) is 7.68. The van der Waals surface area contributed by atoms with Crippen molar-refractivity contribution in [1.82, 2.24) is 4.90 Å². The second-order valence-electron chi connectivity index (χ2n) is 4.41. The molecule has 0 heterocycles. The van der Waals surface area contributed by atoms with E-state index in [-0.39, 0.29) is 6.10 Å². The second kappa shape index (κ2) is 5.61. The monoisotopic (exact) mass is 185 g/mol. The Morgan fingerprint density at radius 1 is 1.31 bits per heavy atom. The summed E-state index contributed by atoms with van der Waals surface area (Å²) in [6.45, 7) is 2.91.